The number of carbonyl (C=O) groups excluding carboxylic acids is 1. The zero-order chi connectivity index (χ0) is 24.7. The van der Waals surface area contributed by atoms with E-state index in [9.17, 15) is 9.18 Å². The molecule has 1 aromatic carbocycles. The molecule has 1 aromatic heterocycles. The number of aromatic nitrogens is 2. The summed E-state index contributed by atoms with van der Waals surface area (Å²) in [6, 6.07) is 2.50. The van der Waals surface area contributed by atoms with Crippen molar-refractivity contribution in [3.63, 3.8) is 0 Å². The van der Waals surface area contributed by atoms with E-state index in [2.05, 4.69) is 20.1 Å². The van der Waals surface area contributed by atoms with E-state index >= 15 is 0 Å². The number of hydrogen-bond acceptors (Lipinski definition) is 7. The molecular weight excluding hydrogens is 477 g/mol. The van der Waals surface area contributed by atoms with Crippen LogP contribution in [-0.4, -0.2) is 59.0 Å². The van der Waals surface area contributed by atoms with Crippen molar-refractivity contribution in [2.24, 2.45) is 11.8 Å². The molecule has 184 valence electrons. The second-order valence-electron chi connectivity index (χ2n) is 9.54. The number of rotatable bonds is 5. The molecule has 1 amide bonds. The number of hydrogen-bond donors (Lipinski definition) is 1. The smallest absolute Gasteiger partial charge is 0.410 e. The van der Waals surface area contributed by atoms with Gasteiger partial charge in [-0.05, 0) is 38.8 Å². The van der Waals surface area contributed by atoms with Crippen LogP contribution in [0.3, 0.4) is 0 Å². The van der Waals surface area contributed by atoms with E-state index in [-0.39, 0.29) is 46.0 Å². The van der Waals surface area contributed by atoms with Gasteiger partial charge in [0.25, 0.3) is 0 Å². The molecule has 2 bridgehead atoms. The van der Waals surface area contributed by atoms with Crippen molar-refractivity contribution in [3.8, 4) is 5.88 Å². The molecule has 1 aliphatic carbocycles. The molecular formula is C24H25ClFN5O4. The Balaban J connectivity index is 1.32. The van der Waals surface area contributed by atoms with Crippen LogP contribution in [0.4, 0.5) is 26.4 Å². The average Bonchev–Trinajstić information content (AvgIpc) is 3.54. The van der Waals surface area contributed by atoms with Gasteiger partial charge in [0, 0.05) is 24.9 Å². The van der Waals surface area contributed by atoms with Crippen molar-refractivity contribution in [2.45, 2.75) is 38.4 Å². The van der Waals surface area contributed by atoms with Crippen molar-refractivity contribution in [3.05, 3.63) is 46.3 Å². The number of benzene rings is 1. The molecule has 35 heavy (non-hydrogen) atoms. The molecule has 3 heterocycles. The fraction of sp³-hybridized carbons (Fsp3) is 0.500. The number of piperidine rings is 1. The van der Waals surface area contributed by atoms with Crippen LogP contribution in [-0.2, 0) is 9.47 Å². The van der Waals surface area contributed by atoms with Crippen LogP contribution in [0.5, 0.6) is 5.88 Å². The zero-order valence-electron chi connectivity index (χ0n) is 19.4. The van der Waals surface area contributed by atoms with Crippen LogP contribution in [0, 0.1) is 31.1 Å². The molecule has 2 aliphatic heterocycles. The van der Waals surface area contributed by atoms with Gasteiger partial charge in [0.1, 0.15) is 29.7 Å². The predicted octanol–water partition coefficient (Wildman–Crippen LogP) is 4.89. The number of amides is 1. The van der Waals surface area contributed by atoms with E-state index in [0.717, 1.165) is 18.9 Å². The summed E-state index contributed by atoms with van der Waals surface area (Å²) < 4.78 is 32.3. The average molecular weight is 502 g/mol. The van der Waals surface area contributed by atoms with Crippen LogP contribution in [0.15, 0.2) is 18.5 Å². The highest BCUT2D eigenvalue weighted by molar-refractivity contribution is 6.33. The van der Waals surface area contributed by atoms with Gasteiger partial charge >= 0.3 is 6.09 Å². The molecule has 3 aliphatic rings. The molecule has 0 spiro atoms. The second kappa shape index (κ2) is 9.13. The standard InChI is InChI=1S/C24H25ClFN5O4/c1-13-21(30-19-17(25)6-16(27-3)7-18(19)26)28-12-29-22(13)34-20-14-8-31(9-15(20)11-33-10-14)23(32)35-24(2)4-5-24/h6-7,12,14-15,20H,4-5,8-11H2,1-2H3,(H,28,29,30). The Bertz CT molecular complexity index is 1160. The van der Waals surface area contributed by atoms with E-state index in [1.54, 1.807) is 11.8 Å². The van der Waals surface area contributed by atoms with Gasteiger partial charge < -0.3 is 24.4 Å². The molecule has 5 rings (SSSR count). The van der Waals surface area contributed by atoms with Crippen molar-refractivity contribution >= 4 is 34.9 Å². The lowest BCUT2D eigenvalue weighted by molar-refractivity contribution is -0.111. The molecule has 0 radical (unpaired) electrons. The van der Waals surface area contributed by atoms with Crippen LogP contribution < -0.4 is 10.1 Å². The number of nitrogens with one attached hydrogen (secondary N) is 1. The number of fused-ring (bicyclic) bond motifs is 2. The third-order valence-corrected chi connectivity index (χ3v) is 7.03. The van der Waals surface area contributed by atoms with E-state index in [1.807, 2.05) is 6.92 Å². The minimum absolute atomic E-state index is 0.0215. The van der Waals surface area contributed by atoms with Gasteiger partial charge in [-0.1, -0.05) is 11.6 Å². The highest BCUT2D eigenvalue weighted by Gasteiger charge is 2.47. The van der Waals surface area contributed by atoms with Crippen LogP contribution in [0.1, 0.15) is 25.3 Å². The monoisotopic (exact) mass is 501 g/mol. The number of carbonyl (C=O) groups is 1. The largest absolute Gasteiger partial charge is 0.473 e. The third kappa shape index (κ3) is 4.83. The summed E-state index contributed by atoms with van der Waals surface area (Å²) in [4.78, 5) is 26.1. The molecule has 2 aromatic rings. The minimum Gasteiger partial charge on any atom is -0.473 e. The quantitative estimate of drug-likeness (QED) is 0.583. The van der Waals surface area contributed by atoms with Gasteiger partial charge in [-0.2, -0.15) is 0 Å². The van der Waals surface area contributed by atoms with E-state index in [4.69, 9.17) is 32.4 Å². The summed E-state index contributed by atoms with van der Waals surface area (Å²) in [5.74, 6) is -0.0385. The van der Waals surface area contributed by atoms with Gasteiger partial charge in [-0.3, -0.25) is 0 Å². The lowest BCUT2D eigenvalue weighted by Gasteiger charge is -2.46. The second-order valence-corrected chi connectivity index (χ2v) is 9.94. The Kier molecular flexibility index (Phi) is 6.15. The Morgan fingerprint density at radius 2 is 2.03 bits per heavy atom. The van der Waals surface area contributed by atoms with Crippen LogP contribution in [0.25, 0.3) is 4.85 Å². The normalized spacial score (nSPS) is 24.3. The van der Waals surface area contributed by atoms with Crippen molar-refractivity contribution in [1.82, 2.24) is 14.9 Å². The first kappa shape index (κ1) is 23.6. The topological polar surface area (TPSA) is 90.2 Å². The summed E-state index contributed by atoms with van der Waals surface area (Å²) in [6.07, 6.45) is 2.64. The first-order chi connectivity index (χ1) is 16.8. The molecule has 2 atom stereocenters. The Morgan fingerprint density at radius 3 is 2.66 bits per heavy atom. The Labute approximate surface area is 207 Å². The number of anilines is 2. The van der Waals surface area contributed by atoms with Crippen molar-refractivity contribution in [2.75, 3.05) is 31.6 Å². The zero-order valence-corrected chi connectivity index (χ0v) is 20.1. The highest BCUT2D eigenvalue weighted by Crippen LogP contribution is 2.40. The number of likely N-dealkylation sites (tertiary alicyclic amines) is 1. The molecule has 1 N–H and O–H groups in total. The minimum atomic E-state index is -0.657. The van der Waals surface area contributed by atoms with E-state index < -0.39 is 5.82 Å². The van der Waals surface area contributed by atoms with Gasteiger partial charge in [0.05, 0.1) is 36.1 Å². The SMILES string of the molecule is [C-]#[N+]c1cc(F)c(Nc2ncnc(OC3C4COCC3CN(C(=O)OC3(C)CC3)C4)c2C)c(Cl)c1. The molecule has 1 saturated carbocycles. The van der Waals surface area contributed by atoms with E-state index in [0.29, 0.717) is 43.6 Å². The molecule has 2 saturated heterocycles. The van der Waals surface area contributed by atoms with Crippen molar-refractivity contribution < 1.29 is 23.4 Å². The number of halogens is 2. The summed E-state index contributed by atoms with van der Waals surface area (Å²) in [6.45, 7) is 12.6. The lowest BCUT2D eigenvalue weighted by atomic mass is 9.84. The van der Waals surface area contributed by atoms with Gasteiger partial charge in [0.2, 0.25) is 5.88 Å². The predicted molar refractivity (Wildman–Crippen MR) is 126 cm³/mol. The molecule has 11 heteroatoms. The molecule has 2 unspecified atom stereocenters. The fourth-order valence-corrected chi connectivity index (χ4v) is 4.71. The maximum Gasteiger partial charge on any atom is 0.410 e. The summed E-state index contributed by atoms with van der Waals surface area (Å²) in [5, 5.41) is 2.97. The van der Waals surface area contributed by atoms with Gasteiger partial charge in [0.15, 0.2) is 5.69 Å². The molecule has 9 nitrogen and oxygen atoms in total. The first-order valence-corrected chi connectivity index (χ1v) is 11.8. The number of nitrogens with zero attached hydrogens (tertiary/aromatic N) is 4. The first-order valence-electron chi connectivity index (χ1n) is 11.4. The van der Waals surface area contributed by atoms with Gasteiger partial charge in [-0.25, -0.2) is 24.0 Å². The third-order valence-electron chi connectivity index (χ3n) is 6.73. The lowest BCUT2D eigenvalue weighted by Crippen LogP contribution is -2.59. The maximum atomic E-state index is 14.5. The van der Waals surface area contributed by atoms with Crippen LogP contribution in [0.2, 0.25) is 5.02 Å². The maximum absolute atomic E-state index is 14.5. The van der Waals surface area contributed by atoms with Crippen molar-refractivity contribution in [1.29, 1.82) is 0 Å². The Hall–Kier alpha value is -3.16. The van der Waals surface area contributed by atoms with Crippen LogP contribution >= 0.6 is 11.6 Å². The fourth-order valence-electron chi connectivity index (χ4n) is 4.46. The Morgan fingerprint density at radius 1 is 1.31 bits per heavy atom. The molecule has 3 fully saturated rings. The van der Waals surface area contributed by atoms with Gasteiger partial charge in [-0.15, -0.1) is 0 Å². The summed E-state index contributed by atoms with van der Waals surface area (Å²) in [7, 11) is 0. The highest BCUT2D eigenvalue weighted by atomic mass is 35.5. The van der Waals surface area contributed by atoms with E-state index in [1.165, 1.54) is 12.4 Å². The summed E-state index contributed by atoms with van der Waals surface area (Å²) >= 11 is 6.18. The summed E-state index contributed by atoms with van der Waals surface area (Å²) in [5.41, 5.74) is 0.389. The number of ether oxygens (including phenoxy) is 3.